The van der Waals surface area contributed by atoms with Crippen LogP contribution in [0.3, 0.4) is 0 Å². The lowest BCUT2D eigenvalue weighted by atomic mass is 9.97. The van der Waals surface area contributed by atoms with Crippen molar-refractivity contribution in [3.63, 3.8) is 0 Å². The molecule has 4 aromatic heterocycles. The Kier molecular flexibility index (Phi) is 36.1. The largest absolute Gasteiger partial charge is 0.497 e. The quantitative estimate of drug-likeness (QED) is 0.0164. The van der Waals surface area contributed by atoms with Gasteiger partial charge in [0.05, 0.1) is 142 Å². The van der Waals surface area contributed by atoms with Crippen molar-refractivity contribution in [2.45, 2.75) is 88.0 Å². The lowest BCUT2D eigenvalue weighted by Gasteiger charge is -2.32. The third-order valence-corrected chi connectivity index (χ3v) is 26.4. The third-order valence-electron chi connectivity index (χ3n) is 24.6. The molecule has 8 heterocycles. The average Bonchev–Trinajstić information content (AvgIpc) is 1.60. The highest BCUT2D eigenvalue weighted by atomic mass is 32.2. The number of nitrogens with one attached hydrogen (secondary N) is 4. The van der Waals surface area contributed by atoms with Crippen LogP contribution in [0, 0.1) is 6.92 Å². The molecule has 0 saturated carbocycles. The number of esters is 1. The molecule has 18 rings (SSSR count). The fourth-order valence-corrected chi connectivity index (χ4v) is 18.1. The SMILES string of the molecule is COc1ccc(C2=NN(C(=O)CSc3nnc(CNC(=O)Cc4ccccc4)n3C)C(c3ccc(C)cc3)C2)cc1.COc1ccc(C2CC(c3ccccc3)=NN2C(=O)C[NH+]2CCN(C(=O)c3ccco3)CC2)cc1.NC(=O)c1ccc(NC(=O)COC(=O)CCc2nc3cc(C(F)(F)F)ccc3n(Cc3ccccc3)c2=O)cc1.O=C(COc1ccc(C2=NN(C(=O)c3cccs3)C(c3ccccc3)C2)cc1)NCCO. The Morgan fingerprint density at radius 1 is 0.581 bits per heavy atom. The first-order valence-corrected chi connectivity index (χ1v) is 49.3. The first kappa shape index (κ1) is 105. The number of amides is 8. The van der Waals surface area contributed by atoms with Crippen LogP contribution < -0.4 is 46.4 Å². The molecule has 38 heteroatoms. The van der Waals surface area contributed by atoms with Crippen molar-refractivity contribution < 1.29 is 89.7 Å². The number of thioether (sulfide) groups is 1. The summed E-state index contributed by atoms with van der Waals surface area (Å²) in [4.78, 5) is 133. The summed E-state index contributed by atoms with van der Waals surface area (Å²) in [5, 5.41) is 46.7. The van der Waals surface area contributed by atoms with E-state index in [2.05, 4.69) is 60.5 Å². The molecule has 0 bridgehead atoms. The van der Waals surface area contributed by atoms with Crippen molar-refractivity contribution in [2.75, 3.05) is 84.4 Å². The molecule has 3 atom stereocenters. The molecule has 8 amide bonds. The molecular formula is C110H107F3N17O16S2+. The third kappa shape index (κ3) is 28.2. The van der Waals surface area contributed by atoms with Gasteiger partial charge in [0.2, 0.25) is 11.8 Å². The molecule has 3 unspecified atom stereocenters. The molecule has 148 heavy (non-hydrogen) atoms. The molecule has 1 saturated heterocycles. The zero-order valence-electron chi connectivity index (χ0n) is 81.2. The predicted octanol–water partition coefficient (Wildman–Crippen LogP) is 13.4. The number of primary amides is 1. The summed E-state index contributed by atoms with van der Waals surface area (Å²) >= 11 is 2.70. The summed E-state index contributed by atoms with van der Waals surface area (Å²) in [7, 11) is 5.11. The van der Waals surface area contributed by atoms with Gasteiger partial charge in [-0.25, -0.2) is 20.0 Å². The number of hydrogen-bond acceptors (Lipinski definition) is 24. The van der Waals surface area contributed by atoms with Crippen LogP contribution in [-0.2, 0) is 72.7 Å². The number of quaternary nitrogens is 1. The number of benzene rings is 10. The maximum absolute atomic E-state index is 13.5. The number of hydrazone groups is 3. The predicted molar refractivity (Wildman–Crippen MR) is 551 cm³/mol. The number of nitrogens with zero attached hydrogens (tertiary/aromatic N) is 12. The molecule has 760 valence electrons. The molecule has 10 aromatic carbocycles. The first-order chi connectivity index (χ1) is 71.7. The standard InChI is InChI=1S/C31H32N6O3S.C28H23F3N4O5.C27H28N4O4.C24H23N3O4S/c1-21-9-11-24(12-10-21)27-18-26(23-13-15-25(40-3)16-14-23)35-37(27)30(39)20-41-31-34-33-28(36(31)2)19-32-29(38)17-22-7-5-4-6-8-22;29-28(30,31)19-8-12-23-22(14-19)34-21(27(39)35(23)15-17-4-2-1-3-5-17)11-13-25(37)40-16-24(36)33-20-9-6-18(7-10-20)26(32)38;1-34-22-11-9-21(10-12-22)24-18-23(20-6-3-2-4-7-20)28-31(24)26(32)19-29-13-15-30(16-14-29)27(33)25-8-5-17-35-25;28-13-12-25-23(29)16-31-19-10-8-17(9-11-19)20-15-21(18-5-2-1-3-6-18)27(26-20)24(30)22-7-4-14-32-22/h4-16,27H,17-20H2,1-3H3,(H,32,38);1-10,12,14H,11,13,15-16H2,(H2,32,38)(H,33,36);2-12,17,24H,13-16,18-19H2,1H3;1-11,14,21,28H,12-13,15-16H2,(H,25,29)/p+1. The summed E-state index contributed by atoms with van der Waals surface area (Å²) in [6, 6.07) is 84.7. The monoisotopic (exact) mass is 2040 g/mol. The van der Waals surface area contributed by atoms with Gasteiger partial charge in [-0.3, -0.25) is 47.9 Å². The molecular weight excluding hydrogens is 1940 g/mol. The number of thiophene rings is 1. The van der Waals surface area contributed by atoms with Crippen molar-refractivity contribution in [1.82, 2.24) is 54.9 Å². The minimum absolute atomic E-state index is 0.0161. The molecule has 0 spiro atoms. The number of furan rings is 1. The van der Waals surface area contributed by atoms with E-state index < -0.39 is 41.7 Å². The van der Waals surface area contributed by atoms with Crippen LogP contribution >= 0.6 is 23.1 Å². The van der Waals surface area contributed by atoms with Gasteiger partial charge < -0.3 is 69.1 Å². The Bertz CT molecular complexity index is 7110. The fourth-order valence-electron chi connectivity index (χ4n) is 16.6. The number of rotatable bonds is 33. The molecule has 0 aliphatic carbocycles. The number of aryl methyl sites for hydroxylation is 2. The number of alkyl halides is 3. The Hall–Kier alpha value is -16.8. The smallest absolute Gasteiger partial charge is 0.416 e. The van der Waals surface area contributed by atoms with Crippen LogP contribution in [-0.4, -0.2) is 199 Å². The maximum Gasteiger partial charge on any atom is 0.416 e. The summed E-state index contributed by atoms with van der Waals surface area (Å²) in [6.07, 6.45) is -1.48. The molecule has 33 nitrogen and oxygen atoms in total. The summed E-state index contributed by atoms with van der Waals surface area (Å²) in [6.45, 7) is 4.64. The number of aliphatic hydroxyl groups excluding tert-OH is 1. The van der Waals surface area contributed by atoms with E-state index in [0.29, 0.717) is 91.5 Å². The Balaban J connectivity index is 0.000000148. The van der Waals surface area contributed by atoms with Gasteiger partial charge >= 0.3 is 12.1 Å². The van der Waals surface area contributed by atoms with Gasteiger partial charge in [-0.15, -0.1) is 21.5 Å². The molecule has 4 aliphatic rings. The molecule has 7 N–H and O–H groups in total. The highest BCUT2D eigenvalue weighted by molar-refractivity contribution is 7.99. The highest BCUT2D eigenvalue weighted by Crippen LogP contribution is 2.39. The zero-order valence-corrected chi connectivity index (χ0v) is 82.8. The second-order valence-corrected chi connectivity index (χ2v) is 36.5. The van der Waals surface area contributed by atoms with Crippen LogP contribution in [0.5, 0.6) is 17.2 Å². The van der Waals surface area contributed by atoms with E-state index >= 15 is 0 Å². The van der Waals surface area contributed by atoms with Gasteiger partial charge in [-0.2, -0.15) is 28.5 Å². The number of piperazine rings is 1. The number of halogens is 3. The number of anilines is 1. The Morgan fingerprint density at radius 3 is 1.72 bits per heavy atom. The number of ether oxygens (including phenoxy) is 4. The van der Waals surface area contributed by atoms with Crippen LogP contribution in [0.15, 0.2) is 326 Å². The first-order valence-electron chi connectivity index (χ1n) is 47.5. The molecule has 1 fully saturated rings. The Morgan fingerprint density at radius 2 is 1.14 bits per heavy atom. The Labute approximate surface area is 857 Å². The van der Waals surface area contributed by atoms with Gasteiger partial charge in [0, 0.05) is 50.5 Å². The second kappa shape index (κ2) is 50.6. The molecule has 4 aliphatic heterocycles. The van der Waals surface area contributed by atoms with Crippen molar-refractivity contribution in [2.24, 2.45) is 28.1 Å². The lowest BCUT2D eigenvalue weighted by molar-refractivity contribution is -0.896. The van der Waals surface area contributed by atoms with E-state index in [1.807, 2.05) is 183 Å². The van der Waals surface area contributed by atoms with Crippen LogP contribution in [0.4, 0.5) is 18.9 Å². The number of aliphatic hydroxyl groups is 1. The number of nitrogens with two attached hydrogens (primary N) is 1. The van der Waals surface area contributed by atoms with Crippen molar-refractivity contribution >= 4 is 110 Å². The maximum atomic E-state index is 13.5. The van der Waals surface area contributed by atoms with Gasteiger partial charge in [-0.05, 0) is 178 Å². The second-order valence-electron chi connectivity index (χ2n) is 34.6. The van der Waals surface area contributed by atoms with Gasteiger partial charge in [0.15, 0.2) is 36.5 Å². The summed E-state index contributed by atoms with van der Waals surface area (Å²) in [5.74, 6) is 0.399. The number of methoxy groups -OCH3 is 2. The number of hydrogen-bond donors (Lipinski definition) is 6. The van der Waals surface area contributed by atoms with Crippen molar-refractivity contribution in [3.05, 3.63) is 390 Å². The minimum atomic E-state index is -4.61. The van der Waals surface area contributed by atoms with Crippen molar-refractivity contribution in [1.29, 1.82) is 0 Å². The minimum Gasteiger partial charge on any atom is -0.497 e. The normalized spacial score (nSPS) is 14.8. The van der Waals surface area contributed by atoms with E-state index in [1.54, 1.807) is 93.3 Å². The number of fused-ring (bicyclic) bond motifs is 1. The molecule has 14 aromatic rings. The van der Waals surface area contributed by atoms with E-state index in [1.165, 1.54) is 64.3 Å². The number of aromatic nitrogens is 5. The van der Waals surface area contributed by atoms with Crippen LogP contribution in [0.1, 0.15) is 142 Å². The summed E-state index contributed by atoms with van der Waals surface area (Å²) < 4.78 is 69.4. The number of carbonyl (C=O) groups is 9. The van der Waals surface area contributed by atoms with Gasteiger partial charge in [0.25, 0.3) is 41.0 Å². The van der Waals surface area contributed by atoms with E-state index in [-0.39, 0.29) is 127 Å². The van der Waals surface area contributed by atoms with E-state index in [4.69, 9.17) is 44.4 Å². The van der Waals surface area contributed by atoms with Crippen molar-refractivity contribution in [3.8, 4) is 17.2 Å². The van der Waals surface area contributed by atoms with E-state index in [0.717, 1.165) is 95.7 Å². The number of carbonyl (C=O) groups excluding carboxylic acids is 9. The zero-order chi connectivity index (χ0) is 104. The fraction of sp³-hybridized carbons (Fsp3) is 0.236. The van der Waals surface area contributed by atoms with Crippen LogP contribution in [0.2, 0.25) is 0 Å². The van der Waals surface area contributed by atoms with Gasteiger partial charge in [-0.1, -0.05) is 181 Å². The topological polar surface area (TPSA) is 406 Å². The molecule has 0 radical (unpaired) electrons. The average molecular weight is 2040 g/mol. The van der Waals surface area contributed by atoms with Crippen LogP contribution in [0.25, 0.3) is 11.0 Å². The van der Waals surface area contributed by atoms with Gasteiger partial charge in [0.1, 0.15) is 22.9 Å². The van der Waals surface area contributed by atoms with E-state index in [9.17, 15) is 61.1 Å². The lowest BCUT2D eigenvalue weighted by Crippen LogP contribution is -3.15. The highest BCUT2D eigenvalue weighted by Gasteiger charge is 2.40. The summed E-state index contributed by atoms with van der Waals surface area (Å²) in [5.41, 5.74) is 15.7.